The van der Waals surface area contributed by atoms with Crippen molar-refractivity contribution in [2.45, 2.75) is 58.0 Å². The number of nitrogens with one attached hydrogen (secondary N) is 1. The largest absolute Gasteiger partial charge is 0.361 e. The first-order chi connectivity index (χ1) is 10.6. The number of nitrogens with zero attached hydrogens (tertiary/aromatic N) is 2. The summed E-state index contributed by atoms with van der Waals surface area (Å²) in [5.74, 6) is 0.485. The van der Waals surface area contributed by atoms with Crippen LogP contribution in [0.2, 0.25) is 0 Å². The number of carbonyl (C=O) groups is 1. The maximum atomic E-state index is 13.0. The van der Waals surface area contributed by atoms with Crippen molar-refractivity contribution >= 4 is 15.9 Å². The molecular formula is C15H25N3O4S. The molecule has 8 heteroatoms. The fourth-order valence-corrected chi connectivity index (χ4v) is 4.27. The number of hydrogen-bond donors (Lipinski definition) is 1. The minimum Gasteiger partial charge on any atom is -0.361 e. The smallest absolute Gasteiger partial charge is 0.243 e. The quantitative estimate of drug-likeness (QED) is 0.874. The van der Waals surface area contributed by atoms with Crippen molar-refractivity contribution in [2.24, 2.45) is 0 Å². The summed E-state index contributed by atoms with van der Waals surface area (Å²) in [7, 11) is -1.78. The predicted molar refractivity (Wildman–Crippen MR) is 86.2 cm³/mol. The van der Waals surface area contributed by atoms with E-state index in [0.717, 1.165) is 36.8 Å². The molecule has 23 heavy (non-hydrogen) atoms. The van der Waals surface area contributed by atoms with E-state index in [1.165, 1.54) is 0 Å². The first-order valence-electron chi connectivity index (χ1n) is 7.81. The maximum absolute atomic E-state index is 13.0. The molecule has 1 amide bonds. The highest BCUT2D eigenvalue weighted by atomic mass is 32.2. The van der Waals surface area contributed by atoms with Gasteiger partial charge in [-0.15, -0.1) is 0 Å². The fraction of sp³-hybridized carbons (Fsp3) is 0.733. The molecule has 0 unspecified atom stereocenters. The van der Waals surface area contributed by atoms with Gasteiger partial charge >= 0.3 is 0 Å². The zero-order chi connectivity index (χ0) is 17.3. The lowest BCUT2D eigenvalue weighted by Crippen LogP contribution is -2.59. The number of rotatable bonds is 5. The summed E-state index contributed by atoms with van der Waals surface area (Å²) in [5, 5.41) is 3.89. The topological polar surface area (TPSA) is 92.5 Å². The first-order valence-corrected chi connectivity index (χ1v) is 9.70. The summed E-state index contributed by atoms with van der Waals surface area (Å²) < 4.78 is 31.2. The second-order valence-electron chi connectivity index (χ2n) is 6.48. The number of carbonyl (C=O) groups excluding carboxylic acids is 1. The van der Waals surface area contributed by atoms with Gasteiger partial charge in [0.1, 0.15) is 11.3 Å². The molecule has 0 radical (unpaired) electrons. The molecule has 0 spiro atoms. The lowest BCUT2D eigenvalue weighted by atomic mass is 9.81. The second-order valence-corrected chi connectivity index (χ2v) is 8.23. The second kappa shape index (κ2) is 6.60. The van der Waals surface area contributed by atoms with Gasteiger partial charge in [0.2, 0.25) is 15.9 Å². The van der Waals surface area contributed by atoms with Crippen LogP contribution in [0.15, 0.2) is 4.52 Å². The van der Waals surface area contributed by atoms with Gasteiger partial charge in [0.25, 0.3) is 0 Å². The summed E-state index contributed by atoms with van der Waals surface area (Å²) in [4.78, 5) is 14.6. The lowest BCUT2D eigenvalue weighted by Gasteiger charge is -2.38. The van der Waals surface area contributed by atoms with Gasteiger partial charge in [-0.25, -0.2) is 8.42 Å². The van der Waals surface area contributed by atoms with Crippen LogP contribution in [-0.2, 0) is 21.4 Å². The van der Waals surface area contributed by atoms with Gasteiger partial charge in [-0.3, -0.25) is 4.79 Å². The minimum atomic E-state index is -3.47. The number of aryl methyl sites for hydroxylation is 2. The zero-order valence-electron chi connectivity index (χ0n) is 14.2. The summed E-state index contributed by atoms with van der Waals surface area (Å²) >= 11 is 0. The first kappa shape index (κ1) is 17.9. The molecule has 1 aliphatic carbocycles. The maximum Gasteiger partial charge on any atom is 0.243 e. The molecule has 1 aromatic rings. The Morgan fingerprint density at radius 1 is 1.30 bits per heavy atom. The SMILES string of the molecule is Cc1noc(C)c1CN(C)C(=O)C1(NS(C)(=O)=O)CCCCC1. The number of aromatic nitrogens is 1. The third-order valence-corrected chi connectivity index (χ3v) is 5.18. The highest BCUT2D eigenvalue weighted by molar-refractivity contribution is 7.88. The molecule has 2 rings (SSSR count). The molecule has 0 atom stereocenters. The Balaban J connectivity index is 2.23. The van der Waals surface area contributed by atoms with Crippen LogP contribution in [0, 0.1) is 13.8 Å². The molecule has 1 N–H and O–H groups in total. The van der Waals surface area contributed by atoms with Crippen LogP contribution in [-0.4, -0.2) is 43.2 Å². The van der Waals surface area contributed by atoms with Gasteiger partial charge in [-0.2, -0.15) is 4.72 Å². The molecule has 1 aliphatic rings. The van der Waals surface area contributed by atoms with Gasteiger partial charge in [0.05, 0.1) is 18.5 Å². The third-order valence-electron chi connectivity index (χ3n) is 4.42. The summed E-state index contributed by atoms with van der Waals surface area (Å²) in [6.07, 6.45) is 4.87. The van der Waals surface area contributed by atoms with Crippen molar-refractivity contribution in [1.82, 2.24) is 14.8 Å². The summed E-state index contributed by atoms with van der Waals surface area (Å²) in [5.41, 5.74) is 0.585. The van der Waals surface area contributed by atoms with Gasteiger partial charge < -0.3 is 9.42 Å². The Kier molecular flexibility index (Phi) is 5.15. The van der Waals surface area contributed by atoms with E-state index in [2.05, 4.69) is 9.88 Å². The van der Waals surface area contributed by atoms with Crippen molar-refractivity contribution in [3.8, 4) is 0 Å². The van der Waals surface area contributed by atoms with Crippen LogP contribution in [0.25, 0.3) is 0 Å². The zero-order valence-corrected chi connectivity index (χ0v) is 15.0. The molecule has 1 heterocycles. The number of sulfonamides is 1. The van der Waals surface area contributed by atoms with Gasteiger partial charge in [0, 0.05) is 12.6 Å². The van der Waals surface area contributed by atoms with Crippen molar-refractivity contribution in [2.75, 3.05) is 13.3 Å². The normalized spacial score (nSPS) is 17.9. The molecule has 1 fully saturated rings. The minimum absolute atomic E-state index is 0.192. The Labute approximate surface area is 137 Å². The Bertz CT molecular complexity index is 655. The molecule has 1 aromatic heterocycles. The predicted octanol–water partition coefficient (Wildman–Crippen LogP) is 1.50. The molecule has 0 saturated heterocycles. The Hall–Kier alpha value is -1.41. The van der Waals surface area contributed by atoms with Crippen LogP contribution in [0.1, 0.15) is 49.1 Å². The lowest BCUT2D eigenvalue weighted by molar-refractivity contribution is -0.138. The van der Waals surface area contributed by atoms with Gasteiger partial charge in [0.15, 0.2) is 0 Å². The van der Waals surface area contributed by atoms with Crippen LogP contribution >= 0.6 is 0 Å². The monoisotopic (exact) mass is 343 g/mol. The number of hydrogen-bond acceptors (Lipinski definition) is 5. The standard InChI is InChI=1S/C15H25N3O4S/c1-11-13(12(2)22-16-11)10-18(3)14(19)15(17-23(4,20)21)8-6-5-7-9-15/h17H,5-10H2,1-4H3. The Morgan fingerprint density at radius 2 is 1.91 bits per heavy atom. The molecular weight excluding hydrogens is 318 g/mol. The highest BCUT2D eigenvalue weighted by Crippen LogP contribution is 2.31. The van der Waals surface area contributed by atoms with E-state index in [1.807, 2.05) is 6.92 Å². The molecule has 0 bridgehead atoms. The molecule has 130 valence electrons. The van der Waals surface area contributed by atoms with Crippen LogP contribution < -0.4 is 4.72 Å². The van der Waals surface area contributed by atoms with E-state index in [9.17, 15) is 13.2 Å². The van der Waals surface area contributed by atoms with Crippen molar-refractivity contribution in [3.05, 3.63) is 17.0 Å². The van der Waals surface area contributed by atoms with E-state index >= 15 is 0 Å². The molecule has 7 nitrogen and oxygen atoms in total. The summed E-state index contributed by atoms with van der Waals surface area (Å²) in [6.45, 7) is 3.99. The molecule has 0 aromatic carbocycles. The van der Waals surface area contributed by atoms with Gasteiger partial charge in [-0.1, -0.05) is 24.4 Å². The van der Waals surface area contributed by atoms with Crippen molar-refractivity contribution < 1.29 is 17.7 Å². The number of likely N-dealkylation sites (N-methyl/N-ethyl adjacent to an activating group) is 1. The van der Waals surface area contributed by atoms with Gasteiger partial charge in [-0.05, 0) is 26.7 Å². The van der Waals surface area contributed by atoms with Crippen LogP contribution in [0.5, 0.6) is 0 Å². The van der Waals surface area contributed by atoms with Crippen LogP contribution in [0.4, 0.5) is 0 Å². The molecule has 1 saturated carbocycles. The average molecular weight is 343 g/mol. The summed E-state index contributed by atoms with van der Waals surface area (Å²) in [6, 6.07) is 0. The highest BCUT2D eigenvalue weighted by Gasteiger charge is 2.43. The Morgan fingerprint density at radius 3 is 2.39 bits per heavy atom. The van der Waals surface area contributed by atoms with E-state index in [1.54, 1.807) is 18.9 Å². The number of amides is 1. The van der Waals surface area contributed by atoms with E-state index in [-0.39, 0.29) is 5.91 Å². The fourth-order valence-electron chi connectivity index (χ4n) is 3.27. The van der Waals surface area contributed by atoms with Crippen molar-refractivity contribution in [1.29, 1.82) is 0 Å². The van der Waals surface area contributed by atoms with Crippen LogP contribution in [0.3, 0.4) is 0 Å². The van der Waals surface area contributed by atoms with Crippen molar-refractivity contribution in [3.63, 3.8) is 0 Å². The van der Waals surface area contributed by atoms with E-state index in [0.29, 0.717) is 25.1 Å². The van der Waals surface area contributed by atoms with E-state index < -0.39 is 15.6 Å². The van der Waals surface area contributed by atoms with E-state index in [4.69, 9.17) is 4.52 Å². The average Bonchev–Trinajstić information content (AvgIpc) is 2.77. The third kappa shape index (κ3) is 4.11. The molecule has 0 aliphatic heterocycles.